The second-order valence-corrected chi connectivity index (χ2v) is 1.34. The molecule has 1 N–H and O–H groups in total. The summed E-state index contributed by atoms with van der Waals surface area (Å²) in [6.07, 6.45) is 32.0. The highest BCUT2D eigenvalue weighted by atomic mass is 35.5. The lowest BCUT2D eigenvalue weighted by Crippen LogP contribution is -1.56. The topological polar surface area (TPSA) is 20.2 Å². The van der Waals surface area contributed by atoms with E-state index in [4.69, 9.17) is 5.11 Å². The van der Waals surface area contributed by atoms with E-state index in [0.29, 0.717) is 5.75 Å². The van der Waals surface area contributed by atoms with Crippen LogP contribution in [0.1, 0.15) is 0 Å². The van der Waals surface area contributed by atoms with Crippen LogP contribution in [0.5, 0.6) is 5.75 Å². The van der Waals surface area contributed by atoms with Crippen molar-refractivity contribution < 1.29 is 5.11 Å². The zero-order chi connectivity index (χ0) is 13.1. The molecule has 0 saturated carbocycles. The molecule has 0 amide bonds. The molecule has 0 atom stereocenters. The van der Waals surface area contributed by atoms with Crippen molar-refractivity contribution in [1.82, 2.24) is 0 Å². The summed E-state index contributed by atoms with van der Waals surface area (Å²) in [5.74, 6) is 0.322. The molecule has 0 saturated heterocycles. The van der Waals surface area contributed by atoms with Gasteiger partial charge in [0.15, 0.2) is 0 Å². The molecule has 0 aliphatic rings. The monoisotopic (exact) mass is 342 g/mol. The van der Waals surface area contributed by atoms with Gasteiger partial charge in [0.1, 0.15) is 5.75 Å². The first kappa shape index (κ1) is 52.9. The van der Waals surface area contributed by atoms with Crippen LogP contribution in [0.4, 0.5) is 0 Å². The molecule has 0 aromatic heterocycles. The lowest BCUT2D eigenvalue weighted by Gasteiger charge is -1.82. The summed E-state index contributed by atoms with van der Waals surface area (Å²) in [6.45, 7) is 0. The van der Waals surface area contributed by atoms with Crippen LogP contribution in [0.15, 0.2) is 30.3 Å². The SMILES string of the molecule is C#C.C#C.C#C.C#C.Cl.Cl.Cl.Cl.Oc1ccccc1. The number of halogens is 4. The Labute approximate surface area is 142 Å². The second-order valence-electron chi connectivity index (χ2n) is 1.34. The van der Waals surface area contributed by atoms with Gasteiger partial charge in [-0.15, -0.1) is 101 Å². The van der Waals surface area contributed by atoms with E-state index in [1.165, 1.54) is 0 Å². The third-order valence-corrected chi connectivity index (χ3v) is 0.756. The standard InChI is InChI=1S/C6H6O.4C2H2.4ClH/c7-6-4-2-1-3-5-6;4*1-2;;;;/h1-5,7H;4*1-2H;4*1H. The van der Waals surface area contributed by atoms with E-state index >= 15 is 0 Å². The first-order chi connectivity index (χ1) is 7.39. The van der Waals surface area contributed by atoms with Crippen molar-refractivity contribution in [3.63, 3.8) is 0 Å². The van der Waals surface area contributed by atoms with E-state index in [2.05, 4.69) is 51.4 Å². The van der Waals surface area contributed by atoms with Crippen LogP contribution in [-0.4, -0.2) is 5.11 Å². The van der Waals surface area contributed by atoms with Gasteiger partial charge in [0.25, 0.3) is 0 Å². The van der Waals surface area contributed by atoms with Gasteiger partial charge in [0, 0.05) is 0 Å². The van der Waals surface area contributed by atoms with E-state index in [1.807, 2.05) is 6.07 Å². The Bertz CT molecular complexity index is 252. The number of phenols is 1. The maximum atomic E-state index is 8.63. The second kappa shape index (κ2) is 94.7. The van der Waals surface area contributed by atoms with Crippen LogP contribution in [-0.2, 0) is 0 Å². The number of terminal acetylenes is 4. The van der Waals surface area contributed by atoms with Gasteiger partial charge in [-0.3, -0.25) is 0 Å². The van der Waals surface area contributed by atoms with Crippen molar-refractivity contribution in [1.29, 1.82) is 0 Å². The maximum absolute atomic E-state index is 8.63. The summed E-state index contributed by atoms with van der Waals surface area (Å²) >= 11 is 0. The third kappa shape index (κ3) is 82.8. The molecule has 1 rings (SSSR count). The number of phenolic OH excluding ortho intramolecular Hbond substituents is 1. The molecule has 1 aromatic rings. The van der Waals surface area contributed by atoms with Crippen LogP contribution in [0.2, 0.25) is 0 Å². The summed E-state index contributed by atoms with van der Waals surface area (Å²) < 4.78 is 0. The molecule has 1 aromatic carbocycles. The summed E-state index contributed by atoms with van der Waals surface area (Å²) in [5, 5.41) is 8.63. The number of rotatable bonds is 0. The van der Waals surface area contributed by atoms with Crippen molar-refractivity contribution in [2.45, 2.75) is 0 Å². The average molecular weight is 344 g/mol. The Morgan fingerprint density at radius 1 is 0.526 bits per heavy atom. The molecule has 0 fully saturated rings. The fraction of sp³-hybridized carbons (Fsp3) is 0. The van der Waals surface area contributed by atoms with E-state index < -0.39 is 0 Å². The molecule has 0 heterocycles. The smallest absolute Gasteiger partial charge is 0.115 e. The summed E-state index contributed by atoms with van der Waals surface area (Å²) in [7, 11) is 0. The average Bonchev–Trinajstić information content (AvgIpc) is 2.40. The van der Waals surface area contributed by atoms with E-state index in [1.54, 1.807) is 24.3 Å². The molecule has 0 aliphatic heterocycles. The van der Waals surface area contributed by atoms with Crippen molar-refractivity contribution in [3.05, 3.63) is 30.3 Å². The number of aromatic hydroxyl groups is 1. The third-order valence-electron chi connectivity index (χ3n) is 0.756. The van der Waals surface area contributed by atoms with E-state index in [0.717, 1.165) is 0 Å². The molecule has 0 unspecified atom stereocenters. The molecular weight excluding hydrogens is 326 g/mol. The van der Waals surface area contributed by atoms with Gasteiger partial charge < -0.3 is 5.11 Å². The number of hydrogen-bond acceptors (Lipinski definition) is 1. The summed E-state index contributed by atoms with van der Waals surface area (Å²) in [4.78, 5) is 0. The molecule has 0 radical (unpaired) electrons. The zero-order valence-electron chi connectivity index (χ0n) is 10.1. The van der Waals surface area contributed by atoms with Gasteiger partial charge in [-0.2, -0.15) is 0 Å². The summed E-state index contributed by atoms with van der Waals surface area (Å²) in [6, 6.07) is 8.71. The van der Waals surface area contributed by atoms with Crippen LogP contribution in [0.3, 0.4) is 0 Å². The predicted molar refractivity (Wildman–Crippen MR) is 96.7 cm³/mol. The van der Waals surface area contributed by atoms with Crippen LogP contribution in [0, 0.1) is 51.4 Å². The Morgan fingerprint density at radius 2 is 0.737 bits per heavy atom. The summed E-state index contributed by atoms with van der Waals surface area (Å²) in [5.41, 5.74) is 0. The molecule has 0 aliphatic carbocycles. The fourth-order valence-corrected chi connectivity index (χ4v) is 0.428. The molecule has 19 heavy (non-hydrogen) atoms. The fourth-order valence-electron chi connectivity index (χ4n) is 0.428. The van der Waals surface area contributed by atoms with E-state index in [9.17, 15) is 0 Å². The minimum absolute atomic E-state index is 0. The van der Waals surface area contributed by atoms with Crippen molar-refractivity contribution in [2.75, 3.05) is 0 Å². The Hall–Kier alpha value is -1.58. The molecule has 108 valence electrons. The minimum Gasteiger partial charge on any atom is -0.508 e. The highest BCUT2D eigenvalue weighted by Gasteiger charge is 1.74. The first-order valence-corrected chi connectivity index (χ1v) is 3.47. The number of hydrogen-bond donors (Lipinski definition) is 1. The molecule has 0 spiro atoms. The van der Waals surface area contributed by atoms with Crippen LogP contribution >= 0.6 is 49.6 Å². The lowest BCUT2D eigenvalue weighted by atomic mass is 10.3. The largest absolute Gasteiger partial charge is 0.508 e. The Balaban J connectivity index is -0.0000000150. The number of para-hydroxylation sites is 1. The molecule has 5 heteroatoms. The highest BCUT2D eigenvalue weighted by molar-refractivity contribution is 5.86. The van der Waals surface area contributed by atoms with E-state index in [-0.39, 0.29) is 49.6 Å². The van der Waals surface area contributed by atoms with Gasteiger partial charge in [-0.05, 0) is 12.1 Å². The molecule has 0 bridgehead atoms. The molecule has 1 nitrogen and oxygen atoms in total. The quantitative estimate of drug-likeness (QED) is 0.704. The highest BCUT2D eigenvalue weighted by Crippen LogP contribution is 2.02. The van der Waals surface area contributed by atoms with Gasteiger partial charge in [0.05, 0.1) is 0 Å². The first-order valence-electron chi connectivity index (χ1n) is 3.47. The van der Waals surface area contributed by atoms with Gasteiger partial charge in [-0.25, -0.2) is 0 Å². The van der Waals surface area contributed by atoms with Crippen molar-refractivity contribution in [2.24, 2.45) is 0 Å². The maximum Gasteiger partial charge on any atom is 0.115 e. The van der Waals surface area contributed by atoms with Crippen molar-refractivity contribution >= 4 is 49.6 Å². The number of benzene rings is 1. The Morgan fingerprint density at radius 3 is 0.842 bits per heavy atom. The Kier molecular flexibility index (Phi) is 264. The van der Waals surface area contributed by atoms with Crippen LogP contribution in [0.25, 0.3) is 0 Å². The predicted octanol–water partition coefficient (Wildman–Crippen LogP) is 4.08. The lowest BCUT2D eigenvalue weighted by molar-refractivity contribution is 0.475. The van der Waals surface area contributed by atoms with Crippen LogP contribution < -0.4 is 0 Å². The normalized spacial score (nSPS) is 3.58. The van der Waals surface area contributed by atoms with Gasteiger partial charge in [0.2, 0.25) is 0 Å². The van der Waals surface area contributed by atoms with Gasteiger partial charge in [-0.1, -0.05) is 18.2 Å². The minimum atomic E-state index is 0. The zero-order valence-corrected chi connectivity index (χ0v) is 13.4. The molecular formula is C14H18Cl4O. The van der Waals surface area contributed by atoms with Gasteiger partial charge >= 0.3 is 0 Å². The van der Waals surface area contributed by atoms with Crippen molar-refractivity contribution in [3.8, 4) is 57.1 Å².